The third kappa shape index (κ3) is 3.13. The molecule has 2 aromatic rings. The molecule has 2 atom stereocenters. The van der Waals surface area contributed by atoms with Crippen molar-refractivity contribution >= 4 is 11.7 Å². The van der Waals surface area contributed by atoms with Gasteiger partial charge in [-0.2, -0.15) is 0 Å². The number of hydrogen-bond acceptors (Lipinski definition) is 5. The van der Waals surface area contributed by atoms with Crippen molar-refractivity contribution in [3.05, 3.63) is 42.6 Å². The maximum absolute atomic E-state index is 12.9. The minimum atomic E-state index is -0.0577. The molecule has 0 aliphatic carbocycles. The Bertz CT molecular complexity index is 830. The highest BCUT2D eigenvalue weighted by Gasteiger charge is 2.44. The fraction of sp³-hybridized carbons (Fsp3) is 0.400. The van der Waals surface area contributed by atoms with Crippen LogP contribution >= 0.6 is 0 Å². The lowest BCUT2D eigenvalue weighted by atomic mass is 10.00. The van der Waals surface area contributed by atoms with Gasteiger partial charge in [0.2, 0.25) is 12.7 Å². The summed E-state index contributed by atoms with van der Waals surface area (Å²) < 4.78 is 16.7. The van der Waals surface area contributed by atoms with Crippen molar-refractivity contribution in [1.82, 2.24) is 9.88 Å². The third-order valence-corrected chi connectivity index (χ3v) is 5.47. The van der Waals surface area contributed by atoms with Crippen molar-refractivity contribution in [2.24, 2.45) is 0 Å². The summed E-state index contributed by atoms with van der Waals surface area (Å²) in [6.45, 7) is 0.223. The summed E-state index contributed by atoms with van der Waals surface area (Å²) in [5.74, 6) is 2.03. The Morgan fingerprint density at radius 3 is 2.70 bits per heavy atom. The molecule has 4 heterocycles. The Labute approximate surface area is 157 Å². The maximum atomic E-state index is 12.9. The number of nitrogens with zero attached hydrogens (tertiary/aromatic N) is 2. The first-order chi connectivity index (χ1) is 13.3. The van der Waals surface area contributed by atoms with Gasteiger partial charge in [-0.25, -0.2) is 9.78 Å². The van der Waals surface area contributed by atoms with E-state index in [0.29, 0.717) is 17.4 Å². The van der Waals surface area contributed by atoms with Crippen LogP contribution in [0.25, 0.3) is 0 Å². The maximum Gasteiger partial charge on any atom is 0.322 e. The zero-order chi connectivity index (χ0) is 18.2. The van der Waals surface area contributed by atoms with E-state index in [1.807, 2.05) is 35.2 Å². The van der Waals surface area contributed by atoms with Gasteiger partial charge in [0.05, 0.1) is 0 Å². The molecule has 0 radical (unpaired) electrons. The van der Waals surface area contributed by atoms with Crippen LogP contribution in [-0.4, -0.2) is 40.9 Å². The molecule has 0 spiro atoms. The number of carbonyl (C=O) groups is 1. The van der Waals surface area contributed by atoms with Crippen LogP contribution in [0.15, 0.2) is 42.6 Å². The van der Waals surface area contributed by atoms with Crippen LogP contribution in [0.2, 0.25) is 0 Å². The number of fused-ring (bicyclic) bond motifs is 3. The monoisotopic (exact) mass is 367 g/mol. The number of rotatable bonds is 3. The van der Waals surface area contributed by atoms with Gasteiger partial charge >= 0.3 is 6.03 Å². The summed E-state index contributed by atoms with van der Waals surface area (Å²) >= 11 is 0. The Balaban J connectivity index is 1.24. The van der Waals surface area contributed by atoms with E-state index in [1.165, 1.54) is 0 Å². The Morgan fingerprint density at radius 2 is 1.93 bits per heavy atom. The van der Waals surface area contributed by atoms with E-state index < -0.39 is 0 Å². The largest absolute Gasteiger partial charge is 0.474 e. The number of anilines is 1. The van der Waals surface area contributed by atoms with E-state index in [2.05, 4.69) is 10.3 Å². The van der Waals surface area contributed by atoms with Crippen molar-refractivity contribution in [1.29, 1.82) is 0 Å². The third-order valence-electron chi connectivity index (χ3n) is 5.47. The van der Waals surface area contributed by atoms with Gasteiger partial charge in [-0.05, 0) is 31.0 Å². The number of piperidine rings is 1. The molecule has 1 aromatic carbocycles. The van der Waals surface area contributed by atoms with Gasteiger partial charge in [-0.15, -0.1) is 0 Å². The molecule has 2 unspecified atom stereocenters. The van der Waals surface area contributed by atoms with E-state index in [-0.39, 0.29) is 31.0 Å². The van der Waals surface area contributed by atoms with Gasteiger partial charge in [0.25, 0.3) is 0 Å². The van der Waals surface area contributed by atoms with Crippen LogP contribution < -0.4 is 19.5 Å². The summed E-state index contributed by atoms with van der Waals surface area (Å²) in [4.78, 5) is 19.1. The first kappa shape index (κ1) is 16.2. The van der Waals surface area contributed by atoms with E-state index in [0.717, 1.165) is 31.4 Å². The summed E-state index contributed by atoms with van der Waals surface area (Å²) in [5, 5.41) is 3.00. The van der Waals surface area contributed by atoms with E-state index in [4.69, 9.17) is 14.2 Å². The van der Waals surface area contributed by atoms with Crippen LogP contribution in [0, 0.1) is 0 Å². The molecule has 2 bridgehead atoms. The zero-order valence-electron chi connectivity index (χ0n) is 14.8. The van der Waals surface area contributed by atoms with Gasteiger partial charge < -0.3 is 24.4 Å². The number of amides is 2. The normalized spacial score (nSPS) is 25.3. The molecular weight excluding hydrogens is 346 g/mol. The lowest BCUT2D eigenvalue weighted by molar-refractivity contribution is 0.0704. The lowest BCUT2D eigenvalue weighted by Gasteiger charge is -2.38. The van der Waals surface area contributed by atoms with Gasteiger partial charge in [0.1, 0.15) is 6.10 Å². The minimum Gasteiger partial charge on any atom is -0.474 e. The fourth-order valence-corrected chi connectivity index (χ4v) is 4.30. The highest BCUT2D eigenvalue weighted by Crippen LogP contribution is 2.38. The second-order valence-corrected chi connectivity index (χ2v) is 7.17. The second-order valence-electron chi connectivity index (χ2n) is 7.17. The molecule has 2 amide bonds. The number of urea groups is 1. The molecule has 1 aromatic heterocycles. The first-order valence-electron chi connectivity index (χ1n) is 9.33. The Kier molecular flexibility index (Phi) is 3.99. The molecule has 140 valence electrons. The van der Waals surface area contributed by atoms with Crippen molar-refractivity contribution < 1.29 is 19.0 Å². The number of aromatic nitrogens is 1. The summed E-state index contributed by atoms with van der Waals surface area (Å²) in [7, 11) is 0. The van der Waals surface area contributed by atoms with Crippen LogP contribution in [0.4, 0.5) is 10.5 Å². The number of benzene rings is 1. The molecule has 1 N–H and O–H groups in total. The Hall–Kier alpha value is -2.96. The predicted octanol–water partition coefficient (Wildman–Crippen LogP) is 3.42. The first-order valence-corrected chi connectivity index (χ1v) is 9.33. The highest BCUT2D eigenvalue weighted by atomic mass is 16.7. The van der Waals surface area contributed by atoms with Crippen LogP contribution in [0.5, 0.6) is 17.4 Å². The molecule has 0 saturated carbocycles. The molecule has 2 saturated heterocycles. The van der Waals surface area contributed by atoms with Crippen molar-refractivity contribution in [3.63, 3.8) is 0 Å². The molecule has 7 nitrogen and oxygen atoms in total. The lowest BCUT2D eigenvalue weighted by Crippen LogP contribution is -2.50. The quantitative estimate of drug-likeness (QED) is 0.900. The number of pyridine rings is 1. The average molecular weight is 367 g/mol. The van der Waals surface area contributed by atoms with Crippen LogP contribution in [0.1, 0.15) is 25.7 Å². The smallest absolute Gasteiger partial charge is 0.322 e. The van der Waals surface area contributed by atoms with Gasteiger partial charge in [-0.1, -0.05) is 6.07 Å². The van der Waals surface area contributed by atoms with Crippen molar-refractivity contribution in [3.8, 4) is 17.4 Å². The fourth-order valence-electron chi connectivity index (χ4n) is 4.30. The van der Waals surface area contributed by atoms with Gasteiger partial charge in [0.15, 0.2) is 11.5 Å². The zero-order valence-corrected chi connectivity index (χ0v) is 14.8. The molecule has 2 fully saturated rings. The molecule has 5 rings (SSSR count). The second kappa shape index (κ2) is 6.64. The summed E-state index contributed by atoms with van der Waals surface area (Å²) in [6, 6.07) is 11.5. The summed E-state index contributed by atoms with van der Waals surface area (Å²) in [6.07, 6.45) is 5.54. The predicted molar refractivity (Wildman–Crippen MR) is 98.1 cm³/mol. The average Bonchev–Trinajstić information content (AvgIpc) is 3.24. The van der Waals surface area contributed by atoms with E-state index >= 15 is 0 Å². The van der Waals surface area contributed by atoms with Crippen LogP contribution in [-0.2, 0) is 0 Å². The minimum absolute atomic E-state index is 0.0577. The topological polar surface area (TPSA) is 72.9 Å². The summed E-state index contributed by atoms with van der Waals surface area (Å²) in [5.41, 5.74) is 0.718. The van der Waals surface area contributed by atoms with E-state index in [9.17, 15) is 4.79 Å². The molecule has 27 heavy (non-hydrogen) atoms. The Morgan fingerprint density at radius 1 is 1.11 bits per heavy atom. The molecule has 3 aliphatic heterocycles. The van der Waals surface area contributed by atoms with Crippen molar-refractivity contribution in [2.75, 3.05) is 12.1 Å². The number of ether oxygens (including phenoxy) is 3. The molecular formula is C20H21N3O4. The number of hydrogen-bond donors (Lipinski definition) is 1. The molecule has 3 aliphatic rings. The van der Waals surface area contributed by atoms with Crippen LogP contribution in [0.3, 0.4) is 0 Å². The highest BCUT2D eigenvalue weighted by molar-refractivity contribution is 5.90. The number of nitrogens with one attached hydrogen (secondary N) is 1. The van der Waals surface area contributed by atoms with Gasteiger partial charge in [0, 0.05) is 48.9 Å². The molecule has 7 heteroatoms. The standard InChI is InChI=1S/C20H21N3O4/c24-20(22-13-4-7-17-18(9-13)26-12-25-17)23-14-5-6-15(23)11-16(10-14)27-19-3-1-2-8-21-19/h1-4,7-9,14-16H,5-6,10-12H2,(H,22,24). The SMILES string of the molecule is O=C(Nc1ccc2c(c1)OCO2)N1C2CCC1CC(Oc1ccccn1)C2. The van der Waals surface area contributed by atoms with E-state index in [1.54, 1.807) is 12.3 Å². The van der Waals surface area contributed by atoms with Gasteiger partial charge in [-0.3, -0.25) is 0 Å². The number of carbonyl (C=O) groups excluding carboxylic acids is 1. The van der Waals surface area contributed by atoms with Crippen molar-refractivity contribution in [2.45, 2.75) is 43.9 Å².